The Morgan fingerprint density at radius 2 is 1.42 bits per heavy atom. The third kappa shape index (κ3) is 6.26. The molecule has 1 rings (SSSR count). The Bertz CT molecular complexity index is 612. The molecule has 0 amide bonds. The lowest BCUT2D eigenvalue weighted by Crippen LogP contribution is -2.61. The van der Waals surface area contributed by atoms with Crippen molar-refractivity contribution in [3.05, 3.63) is 0 Å². The number of hydrogen-bond donors (Lipinski definition) is 0. The van der Waals surface area contributed by atoms with Gasteiger partial charge in [-0.25, -0.2) is 4.79 Å². The average molecular weight is 373 g/mol. The number of rotatable bonds is 6. The topological polar surface area (TPSA) is 144 Å². The molecule has 1 aliphatic heterocycles. The fourth-order valence-corrected chi connectivity index (χ4v) is 2.34. The van der Waals surface area contributed by atoms with Crippen molar-refractivity contribution in [3.63, 3.8) is 0 Å². The maximum absolute atomic E-state index is 11.5. The fourth-order valence-electron chi connectivity index (χ4n) is 2.34. The molecule has 0 aromatic rings. The number of hydrogen-bond acceptors (Lipinski definition) is 11. The molecule has 144 valence electrons. The molecule has 1 aliphatic rings. The highest BCUT2D eigenvalue weighted by Gasteiger charge is 2.52. The second-order valence-corrected chi connectivity index (χ2v) is 5.31. The van der Waals surface area contributed by atoms with E-state index in [-0.39, 0.29) is 6.61 Å². The quantitative estimate of drug-likeness (QED) is 0.256. The zero-order chi connectivity index (χ0) is 19.9. The van der Waals surface area contributed by atoms with Crippen LogP contribution in [0, 0.1) is 0 Å². The normalized spacial score (nSPS) is 27.5. The molecule has 0 saturated carbocycles. The summed E-state index contributed by atoms with van der Waals surface area (Å²) in [6, 6.07) is -1.33. The van der Waals surface area contributed by atoms with Gasteiger partial charge in [-0.15, -0.1) is 0 Å². The largest absolute Gasteiger partial charge is 0.463 e. The van der Waals surface area contributed by atoms with E-state index in [1.165, 1.54) is 6.08 Å². The Hall–Kier alpha value is -2.78. The van der Waals surface area contributed by atoms with Gasteiger partial charge in [-0.05, 0) is 0 Å². The van der Waals surface area contributed by atoms with Gasteiger partial charge in [0.25, 0.3) is 0 Å². The molecular formula is C15H19NO10. The predicted octanol–water partition coefficient (Wildman–Crippen LogP) is -0.595. The van der Waals surface area contributed by atoms with Gasteiger partial charge in [0.05, 0.1) is 0 Å². The third-order valence-corrected chi connectivity index (χ3v) is 3.15. The van der Waals surface area contributed by atoms with Gasteiger partial charge in [0.15, 0.2) is 18.2 Å². The summed E-state index contributed by atoms with van der Waals surface area (Å²) >= 11 is 0. The number of ether oxygens (including phenoxy) is 5. The Morgan fingerprint density at radius 3 is 1.88 bits per heavy atom. The minimum Gasteiger partial charge on any atom is -0.463 e. The van der Waals surface area contributed by atoms with Crippen LogP contribution in [0.1, 0.15) is 27.7 Å². The minimum absolute atomic E-state index is 0.389. The van der Waals surface area contributed by atoms with Crippen molar-refractivity contribution >= 4 is 30.0 Å². The maximum atomic E-state index is 11.5. The van der Waals surface area contributed by atoms with Crippen molar-refractivity contribution in [2.24, 2.45) is 4.99 Å². The van der Waals surface area contributed by atoms with Crippen LogP contribution in [0.25, 0.3) is 0 Å². The molecule has 11 heteroatoms. The standard InChI is InChI=1S/C15H19NO10/c1-7(18)22-5-11-13(23-8(2)19)14(24-9(3)20)12(16-6-17)15(26-11)25-10(4)21/h11-15H,5H2,1-4H3. The van der Waals surface area contributed by atoms with Crippen LogP contribution in [-0.2, 0) is 47.7 Å². The molecule has 5 unspecified atom stereocenters. The first kappa shape index (κ1) is 21.3. The highest BCUT2D eigenvalue weighted by molar-refractivity contribution is 5.68. The molecular weight excluding hydrogens is 354 g/mol. The second-order valence-electron chi connectivity index (χ2n) is 5.31. The molecule has 26 heavy (non-hydrogen) atoms. The third-order valence-electron chi connectivity index (χ3n) is 3.15. The summed E-state index contributed by atoms with van der Waals surface area (Å²) in [5.74, 6) is -2.92. The first-order chi connectivity index (χ1) is 12.1. The van der Waals surface area contributed by atoms with Gasteiger partial charge < -0.3 is 23.7 Å². The molecule has 1 saturated heterocycles. The molecule has 0 spiro atoms. The molecule has 0 bridgehead atoms. The monoisotopic (exact) mass is 373 g/mol. The summed E-state index contributed by atoms with van der Waals surface area (Å²) in [4.78, 5) is 59.5. The number of esters is 4. The van der Waals surface area contributed by atoms with Gasteiger partial charge in [0.1, 0.15) is 12.7 Å². The Labute approximate surface area is 148 Å². The zero-order valence-electron chi connectivity index (χ0n) is 14.6. The Morgan fingerprint density at radius 1 is 0.885 bits per heavy atom. The molecule has 1 fully saturated rings. The minimum atomic E-state index is -1.45. The van der Waals surface area contributed by atoms with E-state index in [1.54, 1.807) is 0 Å². The second kappa shape index (κ2) is 9.64. The van der Waals surface area contributed by atoms with Crippen molar-refractivity contribution in [1.82, 2.24) is 0 Å². The van der Waals surface area contributed by atoms with Crippen LogP contribution in [0.3, 0.4) is 0 Å². The summed E-state index contributed by atoms with van der Waals surface area (Å²) in [5, 5.41) is 0. The van der Waals surface area contributed by atoms with Crippen molar-refractivity contribution in [3.8, 4) is 0 Å². The van der Waals surface area contributed by atoms with Crippen LogP contribution in [0.15, 0.2) is 4.99 Å². The van der Waals surface area contributed by atoms with Gasteiger partial charge in [0, 0.05) is 27.7 Å². The first-order valence-electron chi connectivity index (χ1n) is 7.53. The zero-order valence-corrected chi connectivity index (χ0v) is 14.6. The van der Waals surface area contributed by atoms with Crippen LogP contribution in [0.5, 0.6) is 0 Å². The first-order valence-corrected chi connectivity index (χ1v) is 7.53. The SMILES string of the molecule is CC(=O)OCC1OC(OC(C)=O)C(N=C=O)C(OC(C)=O)C1OC(C)=O. The fraction of sp³-hybridized carbons (Fsp3) is 0.667. The summed E-state index contributed by atoms with van der Waals surface area (Å²) in [6.45, 7) is 4.04. The average Bonchev–Trinajstić information content (AvgIpc) is 2.49. The van der Waals surface area contributed by atoms with Crippen molar-refractivity contribution in [2.45, 2.75) is 58.3 Å². The van der Waals surface area contributed by atoms with E-state index in [0.29, 0.717) is 0 Å². The van der Waals surface area contributed by atoms with E-state index in [4.69, 9.17) is 23.7 Å². The lowest BCUT2D eigenvalue weighted by atomic mass is 9.96. The lowest BCUT2D eigenvalue weighted by molar-refractivity contribution is -0.266. The molecule has 5 atom stereocenters. The van der Waals surface area contributed by atoms with Crippen molar-refractivity contribution in [2.75, 3.05) is 6.61 Å². The maximum Gasteiger partial charge on any atom is 0.305 e. The predicted molar refractivity (Wildman–Crippen MR) is 80.1 cm³/mol. The van der Waals surface area contributed by atoms with Gasteiger partial charge in [0.2, 0.25) is 12.4 Å². The van der Waals surface area contributed by atoms with Gasteiger partial charge >= 0.3 is 23.9 Å². The summed E-state index contributed by atoms with van der Waals surface area (Å²) < 4.78 is 25.5. The number of nitrogens with zero attached hydrogens (tertiary/aromatic N) is 1. The number of carbonyl (C=O) groups excluding carboxylic acids is 5. The van der Waals surface area contributed by atoms with Crippen molar-refractivity contribution in [1.29, 1.82) is 0 Å². The van der Waals surface area contributed by atoms with Crippen LogP contribution in [0.2, 0.25) is 0 Å². The van der Waals surface area contributed by atoms with E-state index in [9.17, 15) is 24.0 Å². The van der Waals surface area contributed by atoms with Crippen LogP contribution in [0.4, 0.5) is 0 Å². The summed E-state index contributed by atoms with van der Waals surface area (Å²) in [5.41, 5.74) is 0. The smallest absolute Gasteiger partial charge is 0.305 e. The van der Waals surface area contributed by atoms with E-state index in [2.05, 4.69) is 4.99 Å². The molecule has 0 aliphatic carbocycles. The molecule has 0 radical (unpaired) electrons. The van der Waals surface area contributed by atoms with Crippen LogP contribution < -0.4 is 0 Å². The molecule has 11 nitrogen and oxygen atoms in total. The van der Waals surface area contributed by atoms with Crippen LogP contribution >= 0.6 is 0 Å². The van der Waals surface area contributed by atoms with E-state index in [0.717, 1.165) is 27.7 Å². The number of aliphatic imine (C=N–C) groups is 1. The lowest BCUT2D eigenvalue weighted by Gasteiger charge is -2.42. The highest BCUT2D eigenvalue weighted by atomic mass is 16.7. The summed E-state index contributed by atoms with van der Waals surface area (Å²) in [6.07, 6.45) is -3.94. The van der Waals surface area contributed by atoms with E-state index < -0.39 is 54.5 Å². The van der Waals surface area contributed by atoms with Gasteiger partial charge in [-0.2, -0.15) is 4.99 Å². The van der Waals surface area contributed by atoms with Gasteiger partial charge in [-0.1, -0.05) is 0 Å². The van der Waals surface area contributed by atoms with E-state index in [1.807, 2.05) is 0 Å². The van der Waals surface area contributed by atoms with Crippen LogP contribution in [-0.4, -0.2) is 67.2 Å². The molecule has 1 heterocycles. The Balaban J connectivity index is 3.28. The van der Waals surface area contributed by atoms with Crippen molar-refractivity contribution < 1.29 is 47.7 Å². The molecule has 0 aromatic carbocycles. The Kier molecular flexibility index (Phi) is 7.88. The highest BCUT2D eigenvalue weighted by Crippen LogP contribution is 2.29. The number of isocyanates is 1. The van der Waals surface area contributed by atoms with E-state index >= 15 is 0 Å². The van der Waals surface area contributed by atoms with Gasteiger partial charge in [-0.3, -0.25) is 19.2 Å². The summed E-state index contributed by atoms with van der Waals surface area (Å²) in [7, 11) is 0. The molecule has 0 N–H and O–H groups in total. The molecule has 0 aromatic heterocycles. The number of carbonyl (C=O) groups is 4.